The van der Waals surface area contributed by atoms with Gasteiger partial charge in [-0.1, -0.05) is 19.9 Å². The van der Waals surface area contributed by atoms with E-state index in [1.807, 2.05) is 37.4 Å². The number of nitrogens with zero attached hydrogens (tertiary/aromatic N) is 3. The normalized spacial score (nSPS) is 11.3. The zero-order valence-electron chi connectivity index (χ0n) is 14.5. The second-order valence-corrected chi connectivity index (χ2v) is 6.55. The van der Waals surface area contributed by atoms with Gasteiger partial charge in [0.2, 0.25) is 0 Å². The third-order valence-corrected chi connectivity index (χ3v) is 3.83. The van der Waals surface area contributed by atoms with Crippen molar-refractivity contribution in [3.8, 4) is 5.75 Å². The molecule has 0 amide bonds. The number of nitrogen functional groups attached to an aromatic ring is 1. The van der Waals surface area contributed by atoms with Gasteiger partial charge < -0.3 is 15.0 Å². The van der Waals surface area contributed by atoms with Gasteiger partial charge >= 0.3 is 0 Å². The molecule has 0 bridgehead atoms. The maximum atomic E-state index is 5.84. The minimum Gasteiger partial charge on any atom is -0.492 e. The molecule has 0 atom stereocenters. The molecule has 2 heterocycles. The minimum atomic E-state index is 0.538. The van der Waals surface area contributed by atoms with Gasteiger partial charge in [-0.25, -0.2) is 9.97 Å². The van der Waals surface area contributed by atoms with Gasteiger partial charge in [-0.2, -0.15) is 0 Å². The third kappa shape index (κ3) is 3.67. The van der Waals surface area contributed by atoms with E-state index in [9.17, 15) is 0 Å². The van der Waals surface area contributed by atoms with Crippen molar-refractivity contribution in [2.24, 2.45) is 5.92 Å². The van der Waals surface area contributed by atoms with E-state index in [1.54, 1.807) is 0 Å². The molecular formula is C19H24N4O. The highest BCUT2D eigenvalue weighted by Gasteiger charge is 2.13. The predicted molar refractivity (Wildman–Crippen MR) is 97.2 cm³/mol. The smallest absolute Gasteiger partial charge is 0.160 e. The Kier molecular flexibility index (Phi) is 4.69. The fourth-order valence-electron chi connectivity index (χ4n) is 2.77. The lowest BCUT2D eigenvalue weighted by Gasteiger charge is -2.11. The van der Waals surface area contributed by atoms with Crippen LogP contribution in [0.5, 0.6) is 5.75 Å². The fraction of sp³-hybridized carbons (Fsp3) is 0.368. The molecule has 0 fully saturated rings. The van der Waals surface area contributed by atoms with Crippen LogP contribution in [0.1, 0.15) is 25.2 Å². The first-order valence-electron chi connectivity index (χ1n) is 8.33. The predicted octanol–water partition coefficient (Wildman–Crippen LogP) is 3.60. The topological polar surface area (TPSA) is 66.0 Å². The van der Waals surface area contributed by atoms with Gasteiger partial charge in [-0.05, 0) is 36.6 Å². The summed E-state index contributed by atoms with van der Waals surface area (Å²) in [6.07, 6.45) is 2.81. The van der Waals surface area contributed by atoms with Crippen LogP contribution in [-0.4, -0.2) is 21.1 Å². The van der Waals surface area contributed by atoms with Crippen molar-refractivity contribution >= 4 is 16.9 Å². The molecule has 0 saturated carbocycles. The molecule has 0 saturated heterocycles. The zero-order valence-corrected chi connectivity index (χ0v) is 14.5. The number of aromatic nitrogens is 3. The number of pyridine rings is 1. The summed E-state index contributed by atoms with van der Waals surface area (Å²) in [4.78, 5) is 9.35. The van der Waals surface area contributed by atoms with Crippen molar-refractivity contribution in [2.45, 2.75) is 33.7 Å². The molecule has 3 rings (SSSR count). The Labute approximate surface area is 142 Å². The molecule has 0 unspecified atom stereocenters. The second kappa shape index (κ2) is 6.91. The van der Waals surface area contributed by atoms with E-state index in [-0.39, 0.29) is 0 Å². The molecule has 0 aliphatic heterocycles. The number of anilines is 1. The Hall–Kier alpha value is -2.56. The lowest BCUT2D eigenvalue weighted by Crippen LogP contribution is -2.13. The lowest BCUT2D eigenvalue weighted by atomic mass is 10.1. The molecule has 0 spiro atoms. The minimum absolute atomic E-state index is 0.538. The van der Waals surface area contributed by atoms with Crippen LogP contribution >= 0.6 is 0 Å². The number of aryl methyl sites for hydroxylation is 1. The zero-order chi connectivity index (χ0) is 17.1. The average molecular weight is 324 g/mol. The lowest BCUT2D eigenvalue weighted by molar-refractivity contribution is 0.297. The number of fused-ring (bicyclic) bond motifs is 1. The molecule has 5 heteroatoms. The van der Waals surface area contributed by atoms with Crippen LogP contribution in [-0.2, 0) is 13.0 Å². The van der Waals surface area contributed by atoms with E-state index in [0.717, 1.165) is 34.7 Å². The molecule has 3 aromatic rings. The maximum Gasteiger partial charge on any atom is 0.160 e. The molecule has 1 aromatic carbocycles. The van der Waals surface area contributed by atoms with E-state index in [2.05, 4.69) is 29.5 Å². The quantitative estimate of drug-likeness (QED) is 0.704. The standard InChI is InChI=1S/C19H24N4O/c1-13(2)9-18-22-17-10-14(3)12-21-19(17)23(18)7-8-24-16-6-4-5-15(20)11-16/h4-6,10-13H,7-9,20H2,1-3H3. The number of rotatable bonds is 6. The van der Waals surface area contributed by atoms with Crippen LogP contribution in [0.15, 0.2) is 36.5 Å². The monoisotopic (exact) mass is 324 g/mol. The first-order valence-corrected chi connectivity index (χ1v) is 8.33. The number of nitrogens with two attached hydrogens (primary N) is 1. The highest BCUT2D eigenvalue weighted by atomic mass is 16.5. The SMILES string of the molecule is Cc1cnc2c(c1)nc(CC(C)C)n2CCOc1cccc(N)c1. The molecule has 0 aliphatic rings. The average Bonchev–Trinajstić information content (AvgIpc) is 2.83. The Morgan fingerprint density at radius 3 is 2.83 bits per heavy atom. The van der Waals surface area contributed by atoms with Crippen molar-refractivity contribution in [1.29, 1.82) is 0 Å². The van der Waals surface area contributed by atoms with E-state index >= 15 is 0 Å². The summed E-state index contributed by atoms with van der Waals surface area (Å²) in [6, 6.07) is 9.58. The molecule has 126 valence electrons. The Bertz CT molecular complexity index is 838. The van der Waals surface area contributed by atoms with Crippen molar-refractivity contribution < 1.29 is 4.74 Å². The Morgan fingerprint density at radius 1 is 1.25 bits per heavy atom. The summed E-state index contributed by atoms with van der Waals surface area (Å²) in [6.45, 7) is 7.70. The fourth-order valence-corrected chi connectivity index (χ4v) is 2.77. The van der Waals surface area contributed by atoms with E-state index < -0.39 is 0 Å². The molecule has 24 heavy (non-hydrogen) atoms. The number of imidazole rings is 1. The largest absolute Gasteiger partial charge is 0.492 e. The van der Waals surface area contributed by atoms with Crippen LogP contribution in [0.25, 0.3) is 11.2 Å². The van der Waals surface area contributed by atoms with Crippen molar-refractivity contribution in [3.63, 3.8) is 0 Å². The first-order chi connectivity index (χ1) is 11.5. The molecular weight excluding hydrogens is 300 g/mol. The number of hydrogen-bond acceptors (Lipinski definition) is 4. The Morgan fingerprint density at radius 2 is 2.08 bits per heavy atom. The van der Waals surface area contributed by atoms with Crippen molar-refractivity contribution in [1.82, 2.24) is 14.5 Å². The van der Waals surface area contributed by atoms with Crippen molar-refractivity contribution in [2.75, 3.05) is 12.3 Å². The third-order valence-electron chi connectivity index (χ3n) is 3.83. The highest BCUT2D eigenvalue weighted by molar-refractivity contribution is 5.72. The molecule has 0 aliphatic carbocycles. The molecule has 2 aromatic heterocycles. The summed E-state index contributed by atoms with van der Waals surface area (Å²) >= 11 is 0. The summed E-state index contributed by atoms with van der Waals surface area (Å²) in [5.41, 5.74) is 9.50. The summed E-state index contributed by atoms with van der Waals surface area (Å²) in [5.74, 6) is 2.39. The van der Waals surface area contributed by atoms with Crippen LogP contribution in [0.3, 0.4) is 0 Å². The van der Waals surface area contributed by atoms with Gasteiger partial charge in [0.15, 0.2) is 5.65 Å². The van der Waals surface area contributed by atoms with Gasteiger partial charge in [0.25, 0.3) is 0 Å². The summed E-state index contributed by atoms with van der Waals surface area (Å²) < 4.78 is 8.00. The second-order valence-electron chi connectivity index (χ2n) is 6.55. The van der Waals surface area contributed by atoms with Crippen LogP contribution in [0.4, 0.5) is 5.69 Å². The van der Waals surface area contributed by atoms with Gasteiger partial charge in [0.1, 0.15) is 23.7 Å². The Balaban J connectivity index is 1.81. The maximum absolute atomic E-state index is 5.84. The van der Waals surface area contributed by atoms with Gasteiger partial charge in [0.05, 0.1) is 6.54 Å². The summed E-state index contributed by atoms with van der Waals surface area (Å²) in [5, 5.41) is 0. The number of ether oxygens (including phenoxy) is 1. The number of hydrogen-bond donors (Lipinski definition) is 1. The summed E-state index contributed by atoms with van der Waals surface area (Å²) in [7, 11) is 0. The van der Waals surface area contributed by atoms with Gasteiger partial charge in [-0.15, -0.1) is 0 Å². The number of benzene rings is 1. The molecule has 2 N–H and O–H groups in total. The van der Waals surface area contributed by atoms with Crippen LogP contribution in [0, 0.1) is 12.8 Å². The molecule has 0 radical (unpaired) electrons. The first kappa shape index (κ1) is 16.3. The van der Waals surface area contributed by atoms with Gasteiger partial charge in [-0.3, -0.25) is 0 Å². The van der Waals surface area contributed by atoms with Crippen LogP contribution < -0.4 is 10.5 Å². The van der Waals surface area contributed by atoms with E-state index in [1.165, 1.54) is 0 Å². The van der Waals surface area contributed by atoms with Crippen LogP contribution in [0.2, 0.25) is 0 Å². The van der Waals surface area contributed by atoms with E-state index in [4.69, 9.17) is 15.5 Å². The van der Waals surface area contributed by atoms with Gasteiger partial charge in [0, 0.05) is 24.4 Å². The molecule has 5 nitrogen and oxygen atoms in total. The highest BCUT2D eigenvalue weighted by Crippen LogP contribution is 2.19. The van der Waals surface area contributed by atoms with E-state index in [0.29, 0.717) is 24.8 Å². The van der Waals surface area contributed by atoms with Crippen molar-refractivity contribution in [3.05, 3.63) is 47.9 Å².